The highest BCUT2D eigenvalue weighted by atomic mass is 35.5. The van der Waals surface area contributed by atoms with Gasteiger partial charge < -0.3 is 10.6 Å². The number of hydrogen-bond donors (Lipinski definition) is 2. The molecule has 0 atom stereocenters. The van der Waals surface area contributed by atoms with Crippen LogP contribution in [0, 0.1) is 6.92 Å². The van der Waals surface area contributed by atoms with E-state index in [1.165, 1.54) is 12.3 Å². The van der Waals surface area contributed by atoms with Crippen molar-refractivity contribution in [2.75, 3.05) is 10.6 Å². The number of fused-ring (bicyclic) bond motifs is 1. The molecule has 7 nitrogen and oxygen atoms in total. The van der Waals surface area contributed by atoms with Crippen LogP contribution in [0.5, 0.6) is 0 Å². The topological polar surface area (TPSA) is 88.4 Å². The van der Waals surface area contributed by atoms with Gasteiger partial charge in [-0.15, -0.1) is 0 Å². The van der Waals surface area contributed by atoms with Crippen LogP contribution in [0.3, 0.4) is 0 Å². The maximum Gasteiger partial charge on any atom is 0.417 e. The van der Waals surface area contributed by atoms with E-state index in [0.29, 0.717) is 39.2 Å². The number of halogens is 5. The number of benzene rings is 3. The Labute approximate surface area is 235 Å². The third-order valence-electron chi connectivity index (χ3n) is 6.04. The number of anilines is 2. The molecule has 2 amide bonds. The third kappa shape index (κ3) is 5.49. The molecule has 0 spiro atoms. The van der Waals surface area contributed by atoms with Gasteiger partial charge in [0.25, 0.3) is 11.8 Å². The number of aryl methyl sites for hydroxylation is 1. The van der Waals surface area contributed by atoms with Gasteiger partial charge in [-0.3, -0.25) is 14.0 Å². The van der Waals surface area contributed by atoms with Crippen molar-refractivity contribution >= 4 is 52.2 Å². The van der Waals surface area contributed by atoms with E-state index in [1.807, 2.05) is 6.92 Å². The van der Waals surface area contributed by atoms with Crippen molar-refractivity contribution in [3.05, 3.63) is 112 Å². The SMILES string of the molecule is Cc1ccc(C(=O)Nc2nccn3c(-c4cccc(NC(=O)c5ccc(Cl)c(C(F)(F)F)c5)c4)cnc23)cc1Cl. The number of amides is 2. The summed E-state index contributed by atoms with van der Waals surface area (Å²) in [5.74, 6) is -0.918. The van der Waals surface area contributed by atoms with E-state index in [-0.39, 0.29) is 11.4 Å². The molecule has 0 aliphatic carbocycles. The first-order chi connectivity index (χ1) is 19.0. The number of rotatable bonds is 5. The Morgan fingerprint density at radius 2 is 1.60 bits per heavy atom. The number of carbonyl (C=O) groups is 2. The van der Waals surface area contributed by atoms with Crippen molar-refractivity contribution in [3.8, 4) is 11.3 Å². The average Bonchev–Trinajstić information content (AvgIpc) is 3.35. The first-order valence-electron chi connectivity index (χ1n) is 11.7. The fourth-order valence-corrected chi connectivity index (χ4v) is 4.38. The molecule has 2 heterocycles. The summed E-state index contributed by atoms with van der Waals surface area (Å²) in [6.07, 6.45) is 0.0376. The molecule has 0 saturated heterocycles. The molecule has 12 heteroatoms. The molecule has 3 aromatic carbocycles. The fourth-order valence-electron chi connectivity index (χ4n) is 3.98. The van der Waals surface area contributed by atoms with Crippen LogP contribution in [0.25, 0.3) is 16.9 Å². The summed E-state index contributed by atoms with van der Waals surface area (Å²) in [5, 5.41) is 5.33. The average molecular weight is 584 g/mol. The summed E-state index contributed by atoms with van der Waals surface area (Å²) in [6, 6.07) is 14.6. The van der Waals surface area contributed by atoms with E-state index >= 15 is 0 Å². The molecular formula is C28H18Cl2F3N5O2. The van der Waals surface area contributed by atoms with Crippen molar-refractivity contribution < 1.29 is 22.8 Å². The normalized spacial score (nSPS) is 11.4. The van der Waals surface area contributed by atoms with Crippen LogP contribution in [0.15, 0.2) is 79.3 Å². The van der Waals surface area contributed by atoms with Gasteiger partial charge in [0.05, 0.1) is 22.5 Å². The minimum absolute atomic E-state index is 0.196. The molecule has 40 heavy (non-hydrogen) atoms. The highest BCUT2D eigenvalue weighted by Gasteiger charge is 2.33. The number of hydrogen-bond acceptors (Lipinski definition) is 4. The fraction of sp³-hybridized carbons (Fsp3) is 0.0714. The van der Waals surface area contributed by atoms with E-state index < -0.39 is 28.6 Å². The van der Waals surface area contributed by atoms with Gasteiger partial charge in [-0.25, -0.2) is 9.97 Å². The molecule has 2 aromatic heterocycles. The van der Waals surface area contributed by atoms with Gasteiger partial charge in [-0.05, 0) is 55.0 Å². The van der Waals surface area contributed by atoms with Crippen LogP contribution in [-0.4, -0.2) is 26.2 Å². The second-order valence-electron chi connectivity index (χ2n) is 8.76. The largest absolute Gasteiger partial charge is 0.417 e. The van der Waals surface area contributed by atoms with Crippen molar-refractivity contribution in [1.29, 1.82) is 0 Å². The van der Waals surface area contributed by atoms with Crippen LogP contribution in [-0.2, 0) is 6.18 Å². The Kier molecular flexibility index (Phi) is 7.22. The Balaban J connectivity index is 1.40. The lowest BCUT2D eigenvalue weighted by Crippen LogP contribution is -2.14. The lowest BCUT2D eigenvalue weighted by atomic mass is 10.1. The first-order valence-corrected chi connectivity index (χ1v) is 12.4. The summed E-state index contributed by atoms with van der Waals surface area (Å²) in [4.78, 5) is 34.2. The Morgan fingerprint density at radius 3 is 2.35 bits per heavy atom. The summed E-state index contributed by atoms with van der Waals surface area (Å²) in [6.45, 7) is 1.83. The van der Waals surface area contributed by atoms with Gasteiger partial charge in [0.15, 0.2) is 11.5 Å². The van der Waals surface area contributed by atoms with Crippen molar-refractivity contribution in [1.82, 2.24) is 14.4 Å². The second kappa shape index (κ2) is 10.6. The molecule has 0 aliphatic rings. The summed E-state index contributed by atoms with van der Waals surface area (Å²) in [5.41, 5.74) is 1.90. The lowest BCUT2D eigenvalue weighted by molar-refractivity contribution is -0.137. The molecule has 5 aromatic rings. The van der Waals surface area contributed by atoms with Gasteiger partial charge in [-0.2, -0.15) is 13.2 Å². The zero-order chi connectivity index (χ0) is 28.6. The van der Waals surface area contributed by atoms with E-state index in [1.54, 1.807) is 59.3 Å². The van der Waals surface area contributed by atoms with Crippen molar-refractivity contribution in [2.45, 2.75) is 13.1 Å². The number of alkyl halides is 3. The summed E-state index contributed by atoms with van der Waals surface area (Å²) in [7, 11) is 0. The van der Waals surface area contributed by atoms with Gasteiger partial charge >= 0.3 is 6.18 Å². The quantitative estimate of drug-likeness (QED) is 0.224. The van der Waals surface area contributed by atoms with Crippen LogP contribution in [0.4, 0.5) is 24.7 Å². The Hall–Kier alpha value is -4.41. The molecule has 2 N–H and O–H groups in total. The molecule has 0 fully saturated rings. The van der Waals surface area contributed by atoms with E-state index in [0.717, 1.165) is 11.6 Å². The molecule has 0 unspecified atom stereocenters. The smallest absolute Gasteiger partial charge is 0.322 e. The summed E-state index contributed by atoms with van der Waals surface area (Å²) >= 11 is 11.8. The molecule has 0 aliphatic heterocycles. The van der Waals surface area contributed by atoms with Gasteiger partial charge in [0.2, 0.25) is 0 Å². The van der Waals surface area contributed by atoms with E-state index in [9.17, 15) is 22.8 Å². The van der Waals surface area contributed by atoms with Crippen LogP contribution >= 0.6 is 23.2 Å². The third-order valence-corrected chi connectivity index (χ3v) is 6.78. The van der Waals surface area contributed by atoms with E-state index in [2.05, 4.69) is 20.6 Å². The number of nitrogens with zero attached hydrogens (tertiary/aromatic N) is 3. The predicted molar refractivity (Wildman–Crippen MR) is 147 cm³/mol. The van der Waals surface area contributed by atoms with E-state index in [4.69, 9.17) is 23.2 Å². The van der Waals surface area contributed by atoms with Crippen LogP contribution < -0.4 is 10.6 Å². The molecule has 0 saturated carbocycles. The van der Waals surface area contributed by atoms with Crippen LogP contribution in [0.1, 0.15) is 31.8 Å². The number of nitrogens with one attached hydrogen (secondary N) is 2. The highest BCUT2D eigenvalue weighted by molar-refractivity contribution is 6.32. The number of imidazole rings is 1. The second-order valence-corrected chi connectivity index (χ2v) is 9.57. The van der Waals surface area contributed by atoms with Gasteiger partial charge in [-0.1, -0.05) is 41.4 Å². The Morgan fingerprint density at radius 1 is 0.875 bits per heavy atom. The molecule has 0 bridgehead atoms. The first kappa shape index (κ1) is 27.2. The number of aromatic nitrogens is 3. The number of carbonyl (C=O) groups excluding carboxylic acids is 2. The maximum absolute atomic E-state index is 13.2. The molecule has 5 rings (SSSR count). The Bertz CT molecular complexity index is 1790. The van der Waals surface area contributed by atoms with Gasteiger partial charge in [0.1, 0.15) is 0 Å². The minimum atomic E-state index is -4.70. The standard InChI is InChI=1S/C28H18Cl2F3N5O2/c1-15-5-6-18(13-22(15)30)27(40)37-24-25-35-14-23(38(25)10-9-34-24)16-3-2-4-19(11-16)36-26(39)17-7-8-21(29)20(12-17)28(31,32)33/h2-14H,1H3,(H,36,39)(H,34,37,40). The van der Waals surface area contributed by atoms with Crippen molar-refractivity contribution in [3.63, 3.8) is 0 Å². The molecule has 0 radical (unpaired) electrons. The minimum Gasteiger partial charge on any atom is -0.322 e. The summed E-state index contributed by atoms with van der Waals surface area (Å²) < 4.78 is 41.4. The highest BCUT2D eigenvalue weighted by Crippen LogP contribution is 2.35. The maximum atomic E-state index is 13.2. The molecule has 202 valence electrons. The monoisotopic (exact) mass is 583 g/mol. The zero-order valence-electron chi connectivity index (χ0n) is 20.6. The van der Waals surface area contributed by atoms with Crippen LogP contribution in [0.2, 0.25) is 10.0 Å². The van der Waals surface area contributed by atoms with Gasteiger partial charge in [0, 0.05) is 39.8 Å². The van der Waals surface area contributed by atoms with Crippen molar-refractivity contribution in [2.24, 2.45) is 0 Å². The lowest BCUT2D eigenvalue weighted by Gasteiger charge is -2.12. The predicted octanol–water partition coefficient (Wildman–Crippen LogP) is 7.53. The zero-order valence-corrected chi connectivity index (χ0v) is 22.1. The molecular weight excluding hydrogens is 566 g/mol.